The van der Waals surface area contributed by atoms with Crippen LogP contribution >= 0.6 is 0 Å². The fraction of sp³-hybridized carbons (Fsp3) is 0.875. The fourth-order valence-electron chi connectivity index (χ4n) is 1.59. The third-order valence-electron chi connectivity index (χ3n) is 2.30. The van der Waals surface area contributed by atoms with Crippen molar-refractivity contribution < 1.29 is 9.47 Å². The second-order valence-corrected chi connectivity index (χ2v) is 3.12. The summed E-state index contributed by atoms with van der Waals surface area (Å²) < 4.78 is 10.9. The molecule has 60 valence electrons. The van der Waals surface area contributed by atoms with Crippen molar-refractivity contribution in [2.24, 2.45) is 5.92 Å². The zero-order valence-electron chi connectivity index (χ0n) is 6.38. The molecule has 0 unspecified atom stereocenters. The van der Waals surface area contributed by atoms with Crippen LogP contribution in [0.25, 0.3) is 0 Å². The summed E-state index contributed by atoms with van der Waals surface area (Å²) >= 11 is 0. The zero-order chi connectivity index (χ0) is 7.73. The second kappa shape index (κ2) is 2.47. The Bertz CT molecular complexity index is 187. The van der Waals surface area contributed by atoms with Crippen molar-refractivity contribution >= 4 is 0 Å². The van der Waals surface area contributed by atoms with Crippen LogP contribution in [-0.2, 0) is 9.47 Å². The molecule has 0 amide bonds. The standard InChI is InChI=1S/C8H11NO2/c9-4-3-8(7-1-2-7)10-5-6-11-8/h7H,1-3,5-6H2. The minimum Gasteiger partial charge on any atom is -0.346 e. The first-order valence-electron chi connectivity index (χ1n) is 4.02. The predicted octanol–water partition coefficient (Wildman–Crippen LogP) is 1.05. The van der Waals surface area contributed by atoms with Crippen LogP contribution in [-0.4, -0.2) is 19.0 Å². The maximum Gasteiger partial charge on any atom is 0.184 e. The summed E-state index contributed by atoms with van der Waals surface area (Å²) in [6.07, 6.45) is 2.70. The minimum absolute atomic E-state index is 0.387. The number of nitriles is 1. The molecule has 2 fully saturated rings. The molecule has 1 aliphatic carbocycles. The average Bonchev–Trinajstić information content (AvgIpc) is 2.76. The van der Waals surface area contributed by atoms with Gasteiger partial charge in [0.2, 0.25) is 0 Å². The Kier molecular flexibility index (Phi) is 1.59. The van der Waals surface area contributed by atoms with Gasteiger partial charge in [-0.3, -0.25) is 0 Å². The fourth-order valence-corrected chi connectivity index (χ4v) is 1.59. The van der Waals surface area contributed by atoms with Crippen molar-refractivity contribution in [3.63, 3.8) is 0 Å². The van der Waals surface area contributed by atoms with Crippen LogP contribution in [0.1, 0.15) is 19.3 Å². The summed E-state index contributed by atoms with van der Waals surface area (Å²) in [6.45, 7) is 1.30. The van der Waals surface area contributed by atoms with Crippen molar-refractivity contribution in [1.82, 2.24) is 0 Å². The maximum absolute atomic E-state index is 8.56. The minimum atomic E-state index is -0.505. The monoisotopic (exact) mass is 153 g/mol. The Balaban J connectivity index is 2.06. The second-order valence-electron chi connectivity index (χ2n) is 3.12. The van der Waals surface area contributed by atoms with Crippen molar-refractivity contribution in [3.05, 3.63) is 0 Å². The molecule has 2 aliphatic rings. The molecule has 3 nitrogen and oxygen atoms in total. The molecule has 1 heterocycles. The van der Waals surface area contributed by atoms with Gasteiger partial charge in [-0.1, -0.05) is 0 Å². The quantitative estimate of drug-likeness (QED) is 0.595. The van der Waals surface area contributed by atoms with Crippen molar-refractivity contribution in [2.75, 3.05) is 13.2 Å². The summed E-state index contributed by atoms with van der Waals surface area (Å²) in [5, 5.41) is 8.56. The Hall–Kier alpha value is -0.590. The lowest BCUT2D eigenvalue weighted by molar-refractivity contribution is -0.168. The van der Waals surface area contributed by atoms with Gasteiger partial charge in [0.15, 0.2) is 5.79 Å². The van der Waals surface area contributed by atoms with Gasteiger partial charge in [0.1, 0.15) is 0 Å². The highest BCUT2D eigenvalue weighted by Gasteiger charge is 2.49. The molecule has 0 bridgehead atoms. The third kappa shape index (κ3) is 1.13. The van der Waals surface area contributed by atoms with E-state index in [1.165, 1.54) is 0 Å². The number of rotatable bonds is 2. The van der Waals surface area contributed by atoms with Gasteiger partial charge >= 0.3 is 0 Å². The smallest absolute Gasteiger partial charge is 0.184 e. The number of nitrogens with zero attached hydrogens (tertiary/aromatic N) is 1. The van der Waals surface area contributed by atoms with E-state index < -0.39 is 5.79 Å². The van der Waals surface area contributed by atoms with Crippen molar-refractivity contribution in [3.8, 4) is 6.07 Å². The lowest BCUT2D eigenvalue weighted by Gasteiger charge is -2.23. The Labute approximate surface area is 65.9 Å². The molecule has 1 aliphatic heterocycles. The molecule has 1 saturated carbocycles. The molecule has 2 rings (SSSR count). The first kappa shape index (κ1) is 7.08. The summed E-state index contributed by atoms with van der Waals surface area (Å²) in [7, 11) is 0. The van der Waals surface area contributed by atoms with Crippen LogP contribution in [0, 0.1) is 17.2 Å². The summed E-state index contributed by atoms with van der Waals surface area (Å²) in [6, 6.07) is 2.12. The third-order valence-corrected chi connectivity index (χ3v) is 2.30. The topological polar surface area (TPSA) is 42.2 Å². The van der Waals surface area contributed by atoms with E-state index in [-0.39, 0.29) is 0 Å². The Morgan fingerprint density at radius 2 is 2.00 bits per heavy atom. The molecule has 1 saturated heterocycles. The van der Waals surface area contributed by atoms with Crippen LogP contribution in [0.3, 0.4) is 0 Å². The summed E-state index contributed by atoms with van der Waals surface area (Å²) in [4.78, 5) is 0. The van der Waals surface area contributed by atoms with Crippen molar-refractivity contribution in [1.29, 1.82) is 5.26 Å². The van der Waals surface area contributed by atoms with Gasteiger partial charge in [0.05, 0.1) is 25.7 Å². The largest absolute Gasteiger partial charge is 0.346 e. The number of hydrogen-bond donors (Lipinski definition) is 0. The lowest BCUT2D eigenvalue weighted by atomic mass is 10.1. The lowest BCUT2D eigenvalue weighted by Crippen LogP contribution is -2.32. The SMILES string of the molecule is N#CCC1(C2CC2)OCCO1. The van der Waals surface area contributed by atoms with Crippen molar-refractivity contribution in [2.45, 2.75) is 25.0 Å². The van der Waals surface area contributed by atoms with Crippen LogP contribution in [0.15, 0.2) is 0 Å². The van der Waals surface area contributed by atoms with E-state index in [9.17, 15) is 0 Å². The van der Waals surface area contributed by atoms with E-state index in [0.29, 0.717) is 25.6 Å². The Morgan fingerprint density at radius 3 is 2.45 bits per heavy atom. The molecule has 3 heteroatoms. The van der Waals surface area contributed by atoms with E-state index >= 15 is 0 Å². The maximum atomic E-state index is 8.56. The zero-order valence-corrected chi connectivity index (χ0v) is 6.38. The first-order valence-corrected chi connectivity index (χ1v) is 4.02. The van der Waals surface area contributed by atoms with Crippen LogP contribution < -0.4 is 0 Å². The molecule has 0 aromatic heterocycles. The number of ether oxygens (including phenoxy) is 2. The van der Waals surface area contributed by atoms with E-state index in [1.807, 2.05) is 0 Å². The van der Waals surface area contributed by atoms with Gasteiger partial charge in [-0.2, -0.15) is 5.26 Å². The molecular formula is C8H11NO2. The molecular weight excluding hydrogens is 142 g/mol. The normalized spacial score (nSPS) is 28.3. The highest BCUT2D eigenvalue weighted by Crippen LogP contribution is 2.46. The van der Waals surface area contributed by atoms with E-state index in [1.54, 1.807) is 0 Å². The summed E-state index contributed by atoms with van der Waals surface area (Å²) in [5.74, 6) is -0.0148. The Morgan fingerprint density at radius 1 is 1.36 bits per heavy atom. The van der Waals surface area contributed by atoms with Gasteiger partial charge < -0.3 is 9.47 Å². The molecule has 0 atom stereocenters. The molecule has 0 radical (unpaired) electrons. The van der Waals surface area contributed by atoms with Crippen LogP contribution in [0.4, 0.5) is 0 Å². The van der Waals surface area contributed by atoms with Gasteiger partial charge in [0.25, 0.3) is 0 Å². The number of hydrogen-bond acceptors (Lipinski definition) is 3. The van der Waals surface area contributed by atoms with Gasteiger partial charge in [0, 0.05) is 5.92 Å². The molecule has 0 spiro atoms. The summed E-state index contributed by atoms with van der Waals surface area (Å²) in [5.41, 5.74) is 0. The van der Waals surface area contributed by atoms with E-state index in [4.69, 9.17) is 14.7 Å². The van der Waals surface area contributed by atoms with Gasteiger partial charge in [-0.15, -0.1) is 0 Å². The highest BCUT2D eigenvalue weighted by molar-refractivity contribution is 4.96. The molecule has 0 N–H and O–H groups in total. The van der Waals surface area contributed by atoms with Crippen LogP contribution in [0.5, 0.6) is 0 Å². The van der Waals surface area contributed by atoms with E-state index in [0.717, 1.165) is 12.8 Å². The van der Waals surface area contributed by atoms with E-state index in [2.05, 4.69) is 6.07 Å². The molecule has 0 aromatic rings. The highest BCUT2D eigenvalue weighted by atomic mass is 16.7. The predicted molar refractivity (Wildman–Crippen MR) is 37.6 cm³/mol. The molecule has 11 heavy (non-hydrogen) atoms. The average molecular weight is 153 g/mol. The van der Waals surface area contributed by atoms with Crippen LogP contribution in [0.2, 0.25) is 0 Å². The molecule has 0 aromatic carbocycles. The van der Waals surface area contributed by atoms with Gasteiger partial charge in [-0.05, 0) is 12.8 Å². The van der Waals surface area contributed by atoms with Gasteiger partial charge in [-0.25, -0.2) is 0 Å². The first-order chi connectivity index (χ1) is 5.37.